The number of fused-ring (bicyclic) bond motifs is 1. The number of hydrazine groups is 1. The minimum atomic E-state index is -0.287. The van der Waals surface area contributed by atoms with Gasteiger partial charge in [0.15, 0.2) is 0 Å². The summed E-state index contributed by atoms with van der Waals surface area (Å²) in [7, 11) is 0. The van der Waals surface area contributed by atoms with Crippen LogP contribution in [0.4, 0.5) is 0 Å². The van der Waals surface area contributed by atoms with Gasteiger partial charge in [-0.2, -0.15) is 0 Å². The number of hydrogen-bond acceptors (Lipinski definition) is 3. The van der Waals surface area contributed by atoms with Gasteiger partial charge in [-0.05, 0) is 29.8 Å². The summed E-state index contributed by atoms with van der Waals surface area (Å²) in [6, 6.07) is 12.8. The molecule has 1 heterocycles. The average molecular weight is 307 g/mol. The van der Waals surface area contributed by atoms with E-state index in [-0.39, 0.29) is 6.04 Å². The molecule has 0 bridgehead atoms. The van der Waals surface area contributed by atoms with E-state index in [9.17, 15) is 0 Å². The number of para-hydroxylation sites is 1. The summed E-state index contributed by atoms with van der Waals surface area (Å²) < 4.78 is 5.55. The van der Waals surface area contributed by atoms with Gasteiger partial charge in [-0.3, -0.25) is 5.84 Å². The number of nitrogens with one attached hydrogen (secondary N) is 1. The third-order valence-corrected chi connectivity index (χ3v) is 3.84. The standard InChI is InChI=1S/C15H12Cl2N2O/c16-9-5-6-13(17)11(7-9)15(19-18)12-8-20-14-4-2-1-3-10(12)14/h1-8,15,19H,18H2. The summed E-state index contributed by atoms with van der Waals surface area (Å²) in [6.45, 7) is 0. The van der Waals surface area contributed by atoms with Crippen LogP contribution in [-0.4, -0.2) is 0 Å². The first kappa shape index (κ1) is 13.5. The highest BCUT2D eigenvalue weighted by atomic mass is 35.5. The molecule has 0 radical (unpaired) electrons. The highest BCUT2D eigenvalue weighted by Gasteiger charge is 2.20. The van der Waals surface area contributed by atoms with Crippen LogP contribution < -0.4 is 11.3 Å². The van der Waals surface area contributed by atoms with Crippen molar-refractivity contribution < 1.29 is 4.42 Å². The molecule has 102 valence electrons. The van der Waals surface area contributed by atoms with Crippen LogP contribution in [0.5, 0.6) is 0 Å². The van der Waals surface area contributed by atoms with E-state index in [1.165, 1.54) is 0 Å². The molecule has 5 heteroatoms. The number of rotatable bonds is 3. The summed E-state index contributed by atoms with van der Waals surface area (Å²) in [6.07, 6.45) is 1.69. The molecule has 2 aromatic carbocycles. The molecule has 0 aliphatic carbocycles. The normalized spacial score (nSPS) is 12.8. The SMILES string of the molecule is NNC(c1cc(Cl)ccc1Cl)c1coc2ccccc12. The molecule has 0 saturated heterocycles. The number of nitrogens with two attached hydrogens (primary N) is 1. The summed E-state index contributed by atoms with van der Waals surface area (Å²) in [5, 5.41) is 2.20. The smallest absolute Gasteiger partial charge is 0.134 e. The lowest BCUT2D eigenvalue weighted by atomic mass is 9.99. The molecule has 0 saturated carbocycles. The second-order valence-electron chi connectivity index (χ2n) is 4.45. The van der Waals surface area contributed by atoms with Crippen molar-refractivity contribution in [3.05, 3.63) is 69.9 Å². The molecule has 1 unspecified atom stereocenters. The van der Waals surface area contributed by atoms with Crippen LogP contribution in [0.1, 0.15) is 17.2 Å². The molecular weight excluding hydrogens is 295 g/mol. The molecule has 0 amide bonds. The third-order valence-electron chi connectivity index (χ3n) is 3.26. The van der Waals surface area contributed by atoms with Gasteiger partial charge in [-0.15, -0.1) is 0 Å². The largest absolute Gasteiger partial charge is 0.464 e. The highest BCUT2D eigenvalue weighted by molar-refractivity contribution is 6.33. The molecule has 1 atom stereocenters. The van der Waals surface area contributed by atoms with Gasteiger partial charge in [0.2, 0.25) is 0 Å². The first-order chi connectivity index (χ1) is 9.70. The molecular formula is C15H12Cl2N2O. The Morgan fingerprint density at radius 2 is 1.85 bits per heavy atom. The van der Waals surface area contributed by atoms with Gasteiger partial charge < -0.3 is 4.42 Å². The lowest BCUT2D eigenvalue weighted by Gasteiger charge is -2.17. The topological polar surface area (TPSA) is 51.2 Å². The van der Waals surface area contributed by atoms with Gasteiger partial charge in [0.1, 0.15) is 5.58 Å². The lowest BCUT2D eigenvalue weighted by Crippen LogP contribution is -2.28. The quantitative estimate of drug-likeness (QED) is 0.560. The van der Waals surface area contributed by atoms with Crippen molar-refractivity contribution in [1.82, 2.24) is 5.43 Å². The van der Waals surface area contributed by atoms with Crippen LogP contribution in [0.2, 0.25) is 10.0 Å². The minimum Gasteiger partial charge on any atom is -0.464 e. The van der Waals surface area contributed by atoms with Gasteiger partial charge in [-0.25, -0.2) is 5.43 Å². The third kappa shape index (κ3) is 2.30. The van der Waals surface area contributed by atoms with E-state index in [1.54, 1.807) is 24.5 Å². The van der Waals surface area contributed by atoms with Gasteiger partial charge in [0, 0.05) is 21.0 Å². The van der Waals surface area contributed by atoms with Crippen molar-refractivity contribution in [3.63, 3.8) is 0 Å². The summed E-state index contributed by atoms with van der Waals surface area (Å²) in [5.74, 6) is 5.71. The van der Waals surface area contributed by atoms with E-state index < -0.39 is 0 Å². The Hall–Kier alpha value is -1.52. The minimum absolute atomic E-state index is 0.287. The van der Waals surface area contributed by atoms with Crippen molar-refractivity contribution in [3.8, 4) is 0 Å². The van der Waals surface area contributed by atoms with E-state index in [4.69, 9.17) is 33.5 Å². The Kier molecular flexibility index (Phi) is 3.68. The second kappa shape index (κ2) is 5.46. The van der Waals surface area contributed by atoms with E-state index in [1.807, 2.05) is 24.3 Å². The van der Waals surface area contributed by atoms with Gasteiger partial charge in [0.25, 0.3) is 0 Å². The maximum Gasteiger partial charge on any atom is 0.134 e. The van der Waals surface area contributed by atoms with Crippen molar-refractivity contribution in [2.75, 3.05) is 0 Å². The molecule has 3 N–H and O–H groups in total. The fourth-order valence-corrected chi connectivity index (χ4v) is 2.71. The molecule has 0 aliphatic rings. The zero-order chi connectivity index (χ0) is 14.1. The number of halogens is 2. The van der Waals surface area contributed by atoms with E-state index in [0.29, 0.717) is 10.0 Å². The Balaban J connectivity index is 2.16. The molecule has 0 fully saturated rings. The van der Waals surface area contributed by atoms with E-state index in [0.717, 1.165) is 22.1 Å². The molecule has 3 nitrogen and oxygen atoms in total. The zero-order valence-electron chi connectivity index (χ0n) is 10.4. The van der Waals surface area contributed by atoms with Crippen LogP contribution in [0.3, 0.4) is 0 Å². The summed E-state index contributed by atoms with van der Waals surface area (Å²) in [4.78, 5) is 0. The predicted octanol–water partition coefficient (Wildman–Crippen LogP) is 4.29. The zero-order valence-corrected chi connectivity index (χ0v) is 11.9. The Morgan fingerprint density at radius 3 is 2.65 bits per heavy atom. The predicted molar refractivity (Wildman–Crippen MR) is 81.8 cm³/mol. The number of furan rings is 1. The lowest BCUT2D eigenvalue weighted by molar-refractivity contribution is 0.586. The van der Waals surface area contributed by atoms with Crippen LogP contribution in [0, 0.1) is 0 Å². The van der Waals surface area contributed by atoms with Crippen LogP contribution in [0.25, 0.3) is 11.0 Å². The van der Waals surface area contributed by atoms with Gasteiger partial charge in [-0.1, -0.05) is 41.4 Å². The molecule has 3 rings (SSSR count). The van der Waals surface area contributed by atoms with Crippen molar-refractivity contribution in [1.29, 1.82) is 0 Å². The molecule has 20 heavy (non-hydrogen) atoms. The first-order valence-corrected chi connectivity index (χ1v) is 6.83. The fraction of sp³-hybridized carbons (Fsp3) is 0.0667. The maximum atomic E-state index is 6.25. The number of hydrogen-bond donors (Lipinski definition) is 2. The Bertz CT molecular complexity index is 754. The first-order valence-electron chi connectivity index (χ1n) is 6.08. The van der Waals surface area contributed by atoms with Crippen molar-refractivity contribution in [2.24, 2.45) is 5.84 Å². The van der Waals surface area contributed by atoms with Crippen LogP contribution in [0.15, 0.2) is 53.1 Å². The fourth-order valence-electron chi connectivity index (χ4n) is 2.30. The van der Waals surface area contributed by atoms with Gasteiger partial charge >= 0.3 is 0 Å². The molecule has 0 aliphatic heterocycles. The Morgan fingerprint density at radius 1 is 1.05 bits per heavy atom. The van der Waals surface area contributed by atoms with Gasteiger partial charge in [0.05, 0.1) is 12.3 Å². The van der Waals surface area contributed by atoms with Crippen LogP contribution in [-0.2, 0) is 0 Å². The number of benzene rings is 2. The molecule has 1 aromatic heterocycles. The molecule has 0 spiro atoms. The highest BCUT2D eigenvalue weighted by Crippen LogP contribution is 2.34. The average Bonchev–Trinajstić information content (AvgIpc) is 2.88. The van der Waals surface area contributed by atoms with Crippen molar-refractivity contribution in [2.45, 2.75) is 6.04 Å². The summed E-state index contributed by atoms with van der Waals surface area (Å²) in [5.41, 5.74) is 5.32. The maximum absolute atomic E-state index is 6.25. The van der Waals surface area contributed by atoms with E-state index in [2.05, 4.69) is 5.43 Å². The monoisotopic (exact) mass is 306 g/mol. The Labute approximate surface area is 126 Å². The van der Waals surface area contributed by atoms with Crippen LogP contribution >= 0.6 is 23.2 Å². The molecule has 3 aromatic rings. The van der Waals surface area contributed by atoms with E-state index >= 15 is 0 Å². The van der Waals surface area contributed by atoms with Crippen molar-refractivity contribution >= 4 is 34.2 Å². The summed E-state index contributed by atoms with van der Waals surface area (Å²) >= 11 is 12.3. The second-order valence-corrected chi connectivity index (χ2v) is 5.30.